The quantitative estimate of drug-likeness (QED) is 0.535. The van der Waals surface area contributed by atoms with Gasteiger partial charge in [-0.15, -0.1) is 0 Å². The molecule has 0 N–H and O–H groups in total. The van der Waals surface area contributed by atoms with E-state index in [1.54, 1.807) is 0 Å². The minimum atomic E-state index is -1.29. The minimum Gasteiger partial charge on any atom is -0.468 e. The van der Waals surface area contributed by atoms with Crippen LogP contribution in [0.4, 0.5) is 0 Å². The van der Waals surface area contributed by atoms with Crippen LogP contribution in [0.1, 0.15) is 32.6 Å². The summed E-state index contributed by atoms with van der Waals surface area (Å²) in [7, 11) is 1.30. The predicted molar refractivity (Wildman–Crippen MR) is 68.5 cm³/mol. The summed E-state index contributed by atoms with van der Waals surface area (Å²) in [5.41, 5.74) is -1.29. The molecule has 0 aromatic heterocycles. The van der Waals surface area contributed by atoms with E-state index in [0.29, 0.717) is 19.4 Å². The van der Waals surface area contributed by atoms with Crippen LogP contribution in [0.5, 0.6) is 0 Å². The number of fused-ring (bicyclic) bond motifs is 3. The highest BCUT2D eigenvalue weighted by atomic mass is 16.5. The Morgan fingerprint density at radius 2 is 2.05 bits per heavy atom. The summed E-state index contributed by atoms with van der Waals surface area (Å²) >= 11 is 0. The molecule has 110 valence electrons. The van der Waals surface area contributed by atoms with Crippen LogP contribution in [-0.4, -0.2) is 31.4 Å². The molecular formula is C15H20O5. The number of hydrogen-bond acceptors (Lipinski definition) is 5. The first-order valence-corrected chi connectivity index (χ1v) is 7.31. The van der Waals surface area contributed by atoms with Gasteiger partial charge < -0.3 is 9.47 Å². The number of Topliss-reactive ketones (excluding diaryl/α,β-unsaturated/α-hetero) is 1. The zero-order chi connectivity index (χ0) is 14.5. The highest BCUT2D eigenvalue weighted by Crippen LogP contribution is 2.58. The molecule has 5 nitrogen and oxygen atoms in total. The lowest BCUT2D eigenvalue weighted by Gasteiger charge is -2.36. The summed E-state index contributed by atoms with van der Waals surface area (Å²) in [6.07, 6.45) is 2.79. The Hall–Kier alpha value is -1.39. The lowest BCUT2D eigenvalue weighted by Crippen LogP contribution is -2.51. The van der Waals surface area contributed by atoms with Gasteiger partial charge in [0.1, 0.15) is 5.41 Å². The smallest absolute Gasteiger partial charge is 0.320 e. The molecule has 0 spiro atoms. The van der Waals surface area contributed by atoms with Crippen LogP contribution in [0.2, 0.25) is 0 Å². The number of hydrogen-bond donors (Lipinski definition) is 0. The number of ketones is 1. The predicted octanol–water partition coefficient (Wildman–Crippen LogP) is 1.34. The van der Waals surface area contributed by atoms with Crippen molar-refractivity contribution in [2.45, 2.75) is 32.6 Å². The lowest BCUT2D eigenvalue weighted by atomic mass is 9.63. The molecule has 0 amide bonds. The fourth-order valence-electron chi connectivity index (χ4n) is 4.68. The second-order valence-corrected chi connectivity index (χ2v) is 6.35. The summed E-state index contributed by atoms with van der Waals surface area (Å²) in [4.78, 5) is 37.3. The Kier molecular flexibility index (Phi) is 3.10. The van der Waals surface area contributed by atoms with Crippen molar-refractivity contribution in [3.8, 4) is 0 Å². The van der Waals surface area contributed by atoms with Gasteiger partial charge >= 0.3 is 11.9 Å². The molecule has 5 atom stereocenters. The van der Waals surface area contributed by atoms with Crippen molar-refractivity contribution in [2.75, 3.05) is 13.7 Å². The van der Waals surface area contributed by atoms with Crippen LogP contribution in [0.15, 0.2) is 0 Å². The summed E-state index contributed by atoms with van der Waals surface area (Å²) in [6, 6.07) is 0. The fourth-order valence-corrected chi connectivity index (χ4v) is 4.68. The maximum absolute atomic E-state index is 12.6. The molecule has 1 saturated heterocycles. The van der Waals surface area contributed by atoms with Gasteiger partial charge in [-0.25, -0.2) is 0 Å². The molecule has 1 aliphatic heterocycles. The Morgan fingerprint density at radius 1 is 1.30 bits per heavy atom. The first-order chi connectivity index (χ1) is 9.53. The highest BCUT2D eigenvalue weighted by molar-refractivity contribution is 6.09. The van der Waals surface area contributed by atoms with Crippen molar-refractivity contribution >= 4 is 17.7 Å². The van der Waals surface area contributed by atoms with E-state index in [1.165, 1.54) is 7.11 Å². The number of rotatable bonds is 1. The van der Waals surface area contributed by atoms with Gasteiger partial charge in [-0.1, -0.05) is 6.92 Å². The van der Waals surface area contributed by atoms with Crippen LogP contribution in [0.3, 0.4) is 0 Å². The number of methoxy groups -OCH3 is 1. The molecule has 0 bridgehead atoms. The third-order valence-electron chi connectivity index (χ3n) is 5.59. The van der Waals surface area contributed by atoms with Crippen LogP contribution in [0, 0.1) is 29.1 Å². The van der Waals surface area contributed by atoms with E-state index in [4.69, 9.17) is 9.47 Å². The molecule has 1 heterocycles. The summed E-state index contributed by atoms with van der Waals surface area (Å²) in [5.74, 6) is -1.57. The van der Waals surface area contributed by atoms with Crippen molar-refractivity contribution in [3.05, 3.63) is 0 Å². The molecule has 2 saturated carbocycles. The van der Waals surface area contributed by atoms with E-state index in [0.717, 1.165) is 12.8 Å². The van der Waals surface area contributed by atoms with Crippen LogP contribution >= 0.6 is 0 Å². The largest absolute Gasteiger partial charge is 0.468 e. The SMILES string of the molecule is COC(=O)[C@]12C(=O)CC[C@H]1[C@@H](C)CC[C@H]1COC(=O)[C@@H]12. The molecular weight excluding hydrogens is 260 g/mol. The first kappa shape index (κ1) is 13.6. The molecule has 3 fully saturated rings. The number of cyclic esters (lactones) is 1. The molecule has 2 aliphatic carbocycles. The molecule has 0 radical (unpaired) electrons. The third-order valence-corrected chi connectivity index (χ3v) is 5.59. The van der Waals surface area contributed by atoms with E-state index in [9.17, 15) is 14.4 Å². The van der Waals surface area contributed by atoms with Gasteiger partial charge in [-0.3, -0.25) is 14.4 Å². The average Bonchev–Trinajstić information content (AvgIpc) is 2.93. The molecule has 0 aromatic carbocycles. The molecule has 3 rings (SSSR count). The Morgan fingerprint density at radius 3 is 2.75 bits per heavy atom. The van der Waals surface area contributed by atoms with E-state index in [2.05, 4.69) is 6.92 Å². The van der Waals surface area contributed by atoms with Gasteiger partial charge in [0.2, 0.25) is 0 Å². The standard InChI is InChI=1S/C15H20O5/c1-8-3-4-9-7-20-13(17)12(9)15(14(18)19-2)10(8)5-6-11(15)16/h8-10,12H,3-7H2,1-2H3/t8-,9-,10-,12+,15-/m0/s1. The number of carbonyl (C=O) groups excluding carboxylic acids is 3. The van der Waals surface area contributed by atoms with Gasteiger partial charge in [0.05, 0.1) is 19.6 Å². The van der Waals surface area contributed by atoms with E-state index in [-0.39, 0.29) is 23.5 Å². The van der Waals surface area contributed by atoms with Crippen LogP contribution in [-0.2, 0) is 23.9 Å². The lowest BCUT2D eigenvalue weighted by molar-refractivity contribution is -0.170. The third kappa shape index (κ3) is 1.52. The Bertz CT molecular complexity index is 471. The van der Waals surface area contributed by atoms with Crippen molar-refractivity contribution in [1.29, 1.82) is 0 Å². The van der Waals surface area contributed by atoms with Gasteiger partial charge in [0, 0.05) is 12.3 Å². The minimum absolute atomic E-state index is 0.0314. The monoisotopic (exact) mass is 280 g/mol. The summed E-state index contributed by atoms with van der Waals surface area (Å²) in [5, 5.41) is 0. The van der Waals surface area contributed by atoms with E-state index >= 15 is 0 Å². The molecule has 20 heavy (non-hydrogen) atoms. The van der Waals surface area contributed by atoms with Crippen molar-refractivity contribution < 1.29 is 23.9 Å². The maximum atomic E-state index is 12.6. The van der Waals surface area contributed by atoms with Crippen LogP contribution < -0.4 is 0 Å². The number of ether oxygens (including phenoxy) is 2. The summed E-state index contributed by atoms with van der Waals surface area (Å²) in [6.45, 7) is 2.41. The molecule has 0 aromatic rings. The zero-order valence-electron chi connectivity index (χ0n) is 11.9. The van der Waals surface area contributed by atoms with E-state index < -0.39 is 23.3 Å². The molecule has 3 aliphatic rings. The highest BCUT2D eigenvalue weighted by Gasteiger charge is 2.68. The Balaban J connectivity index is 2.17. The van der Waals surface area contributed by atoms with Gasteiger partial charge in [-0.2, -0.15) is 0 Å². The fraction of sp³-hybridized carbons (Fsp3) is 0.800. The van der Waals surface area contributed by atoms with Gasteiger partial charge in [0.15, 0.2) is 5.78 Å². The maximum Gasteiger partial charge on any atom is 0.320 e. The van der Waals surface area contributed by atoms with Gasteiger partial charge in [0.25, 0.3) is 0 Å². The normalized spacial score (nSPS) is 43.5. The molecule has 0 unspecified atom stereocenters. The number of esters is 2. The molecule has 5 heteroatoms. The second-order valence-electron chi connectivity index (χ2n) is 6.35. The average molecular weight is 280 g/mol. The van der Waals surface area contributed by atoms with Crippen molar-refractivity contribution in [1.82, 2.24) is 0 Å². The topological polar surface area (TPSA) is 69.7 Å². The van der Waals surface area contributed by atoms with E-state index in [1.807, 2.05) is 0 Å². The number of carbonyl (C=O) groups is 3. The van der Waals surface area contributed by atoms with Crippen molar-refractivity contribution in [3.63, 3.8) is 0 Å². The van der Waals surface area contributed by atoms with Crippen molar-refractivity contribution in [2.24, 2.45) is 29.1 Å². The first-order valence-electron chi connectivity index (χ1n) is 7.31. The summed E-state index contributed by atoms with van der Waals surface area (Å²) < 4.78 is 10.1. The Labute approximate surface area is 118 Å². The van der Waals surface area contributed by atoms with Gasteiger partial charge in [-0.05, 0) is 31.1 Å². The zero-order valence-corrected chi connectivity index (χ0v) is 11.9. The van der Waals surface area contributed by atoms with Crippen LogP contribution in [0.25, 0.3) is 0 Å². The second kappa shape index (κ2) is 4.57.